The summed E-state index contributed by atoms with van der Waals surface area (Å²) in [4.78, 5) is 3.93. The smallest absolute Gasteiger partial charge is 0.239 e. The molecule has 0 saturated carbocycles. The number of hydrogen-bond acceptors (Lipinski definition) is 4. The summed E-state index contributed by atoms with van der Waals surface area (Å²) in [7, 11) is 1.51. The van der Waals surface area contributed by atoms with E-state index in [1.807, 2.05) is 0 Å². The lowest BCUT2D eigenvalue weighted by atomic mass is 10.3. The molecule has 0 aliphatic heterocycles. The van der Waals surface area contributed by atoms with Crippen molar-refractivity contribution >= 4 is 30.8 Å². The molecule has 0 radical (unpaired) electrons. The fraction of sp³-hybridized carbons (Fsp3) is 0.125. The predicted octanol–water partition coefficient (Wildman–Crippen LogP) is 1.90. The number of rotatable bonds is 2. The van der Waals surface area contributed by atoms with Crippen LogP contribution in [0.3, 0.4) is 0 Å². The lowest BCUT2D eigenvalue weighted by molar-refractivity contribution is 0.551. The first kappa shape index (κ1) is 9.48. The highest BCUT2D eigenvalue weighted by molar-refractivity contribution is 8.13. The first-order valence-corrected chi connectivity index (χ1v) is 6.28. The maximum atomic E-state index is 10.8. The van der Waals surface area contributed by atoms with Gasteiger partial charge in [0.1, 0.15) is 11.5 Å². The minimum atomic E-state index is -3.57. The molecule has 0 N–H and O–H groups in total. The highest BCUT2D eigenvalue weighted by Crippen LogP contribution is 2.19. The van der Waals surface area contributed by atoms with Crippen LogP contribution < -0.4 is 0 Å². The Hall–Kier alpha value is -1.07. The number of furan rings is 1. The summed E-state index contributed by atoms with van der Waals surface area (Å²) in [6, 6.07) is 5.15. The van der Waals surface area contributed by atoms with Crippen molar-refractivity contribution in [3.8, 4) is 0 Å². The van der Waals surface area contributed by atoms with Gasteiger partial charge in [0.2, 0.25) is 14.8 Å². The zero-order valence-electron chi connectivity index (χ0n) is 6.97. The van der Waals surface area contributed by atoms with Crippen molar-refractivity contribution in [3.63, 3.8) is 0 Å². The van der Waals surface area contributed by atoms with Gasteiger partial charge in [0, 0.05) is 22.3 Å². The van der Waals surface area contributed by atoms with Crippen LogP contribution in [0.1, 0.15) is 5.76 Å². The summed E-state index contributed by atoms with van der Waals surface area (Å²) in [6.07, 6.45) is 1.57. The number of aromatic nitrogens is 1. The highest BCUT2D eigenvalue weighted by Gasteiger charge is 2.11. The number of halogens is 1. The average molecular weight is 232 g/mol. The molecule has 2 heterocycles. The van der Waals surface area contributed by atoms with E-state index >= 15 is 0 Å². The van der Waals surface area contributed by atoms with Gasteiger partial charge in [-0.15, -0.1) is 0 Å². The molecule has 0 saturated heterocycles. The van der Waals surface area contributed by atoms with Gasteiger partial charge >= 0.3 is 0 Å². The second kappa shape index (κ2) is 3.25. The Kier molecular flexibility index (Phi) is 2.20. The molecule has 0 aromatic carbocycles. The molecule has 2 aromatic heterocycles. The number of hydrogen-bond donors (Lipinski definition) is 0. The largest absolute Gasteiger partial charge is 0.442 e. The van der Waals surface area contributed by atoms with Crippen molar-refractivity contribution in [2.24, 2.45) is 0 Å². The van der Waals surface area contributed by atoms with Crippen LogP contribution in [-0.2, 0) is 14.8 Å². The summed E-state index contributed by atoms with van der Waals surface area (Å²) < 4.78 is 26.7. The van der Waals surface area contributed by atoms with Crippen molar-refractivity contribution in [2.45, 2.75) is 5.75 Å². The Bertz CT molecular complexity index is 528. The zero-order chi connectivity index (χ0) is 10.2. The van der Waals surface area contributed by atoms with Gasteiger partial charge in [0.05, 0.1) is 0 Å². The minimum Gasteiger partial charge on any atom is -0.442 e. The van der Waals surface area contributed by atoms with Crippen LogP contribution in [0.4, 0.5) is 0 Å². The topological polar surface area (TPSA) is 60.2 Å². The van der Waals surface area contributed by atoms with Crippen LogP contribution >= 0.6 is 10.7 Å². The summed E-state index contributed by atoms with van der Waals surface area (Å²) in [6.45, 7) is 0. The summed E-state index contributed by atoms with van der Waals surface area (Å²) in [5.74, 6) is -0.0148. The van der Waals surface area contributed by atoms with Crippen molar-refractivity contribution in [2.75, 3.05) is 0 Å². The van der Waals surface area contributed by atoms with E-state index in [1.54, 1.807) is 24.4 Å². The molecular formula is C8H6ClNO3S. The summed E-state index contributed by atoms with van der Waals surface area (Å²) >= 11 is 0. The molecule has 0 amide bonds. The normalized spacial score (nSPS) is 12.1. The summed E-state index contributed by atoms with van der Waals surface area (Å²) in [5, 5.41) is 0.766. The fourth-order valence-corrected chi connectivity index (χ4v) is 1.97. The van der Waals surface area contributed by atoms with E-state index in [0.29, 0.717) is 11.5 Å². The van der Waals surface area contributed by atoms with Gasteiger partial charge in [-0.05, 0) is 18.2 Å². The number of nitrogens with zero attached hydrogens (tertiary/aromatic N) is 1. The van der Waals surface area contributed by atoms with Crippen molar-refractivity contribution in [1.29, 1.82) is 0 Å². The standard InChI is InChI=1S/C8H6ClNO3S/c9-14(11,12)5-7-4-6-2-1-3-10-8(6)13-7/h1-4H,5H2. The van der Waals surface area contributed by atoms with E-state index in [9.17, 15) is 8.42 Å². The van der Waals surface area contributed by atoms with Crippen molar-refractivity contribution < 1.29 is 12.8 Å². The molecule has 6 heteroatoms. The average Bonchev–Trinajstić information content (AvgIpc) is 2.42. The zero-order valence-corrected chi connectivity index (χ0v) is 8.55. The third-order valence-electron chi connectivity index (χ3n) is 1.66. The molecule has 0 aliphatic rings. The molecule has 4 nitrogen and oxygen atoms in total. The Morgan fingerprint density at radius 1 is 1.50 bits per heavy atom. The lowest BCUT2D eigenvalue weighted by Crippen LogP contribution is -1.92. The van der Waals surface area contributed by atoms with Gasteiger partial charge in [-0.1, -0.05) is 0 Å². The SMILES string of the molecule is O=S(=O)(Cl)Cc1cc2cccnc2o1. The van der Waals surface area contributed by atoms with Crippen LogP contribution in [0.2, 0.25) is 0 Å². The number of pyridine rings is 1. The third kappa shape index (κ3) is 2.05. The maximum absolute atomic E-state index is 10.8. The number of fused-ring (bicyclic) bond motifs is 1. The predicted molar refractivity (Wildman–Crippen MR) is 52.5 cm³/mol. The van der Waals surface area contributed by atoms with E-state index in [1.165, 1.54) is 0 Å². The van der Waals surface area contributed by atoms with Crippen LogP contribution in [0, 0.1) is 0 Å². The molecule has 0 atom stereocenters. The Labute approximate surface area is 84.9 Å². The first-order chi connectivity index (χ1) is 6.54. The lowest BCUT2D eigenvalue weighted by Gasteiger charge is -1.88. The van der Waals surface area contributed by atoms with Gasteiger partial charge in [-0.25, -0.2) is 13.4 Å². The fourth-order valence-electron chi connectivity index (χ4n) is 1.17. The van der Waals surface area contributed by atoms with E-state index in [0.717, 1.165) is 5.39 Å². The second-order valence-electron chi connectivity index (χ2n) is 2.79. The Morgan fingerprint density at radius 2 is 2.29 bits per heavy atom. The molecule has 0 bridgehead atoms. The van der Waals surface area contributed by atoms with Gasteiger partial charge in [-0.3, -0.25) is 0 Å². The first-order valence-electron chi connectivity index (χ1n) is 3.80. The minimum absolute atomic E-state index is 0.300. The molecule has 2 aromatic rings. The van der Waals surface area contributed by atoms with Gasteiger partial charge in [0.15, 0.2) is 0 Å². The quantitative estimate of drug-likeness (QED) is 0.741. The molecule has 0 fully saturated rings. The molecule has 2 rings (SSSR count). The van der Waals surface area contributed by atoms with E-state index in [4.69, 9.17) is 15.1 Å². The van der Waals surface area contributed by atoms with Gasteiger partial charge < -0.3 is 4.42 Å². The van der Waals surface area contributed by atoms with Crippen LogP contribution in [-0.4, -0.2) is 13.4 Å². The maximum Gasteiger partial charge on any atom is 0.239 e. The molecule has 14 heavy (non-hydrogen) atoms. The van der Waals surface area contributed by atoms with E-state index in [-0.39, 0.29) is 5.75 Å². The third-order valence-corrected chi connectivity index (χ3v) is 2.62. The van der Waals surface area contributed by atoms with E-state index in [2.05, 4.69) is 4.98 Å². The summed E-state index contributed by atoms with van der Waals surface area (Å²) in [5.41, 5.74) is 0.419. The molecular weight excluding hydrogens is 226 g/mol. The highest BCUT2D eigenvalue weighted by atomic mass is 35.7. The molecule has 0 spiro atoms. The van der Waals surface area contributed by atoms with Crippen LogP contribution in [0.5, 0.6) is 0 Å². The van der Waals surface area contributed by atoms with Crippen molar-refractivity contribution in [3.05, 3.63) is 30.2 Å². The molecule has 0 aliphatic carbocycles. The molecule has 74 valence electrons. The van der Waals surface area contributed by atoms with Crippen LogP contribution in [0.15, 0.2) is 28.8 Å². The Morgan fingerprint density at radius 3 is 2.93 bits per heavy atom. The van der Waals surface area contributed by atoms with Gasteiger partial charge in [-0.2, -0.15) is 0 Å². The van der Waals surface area contributed by atoms with Crippen LogP contribution in [0.25, 0.3) is 11.1 Å². The second-order valence-corrected chi connectivity index (χ2v) is 5.57. The van der Waals surface area contributed by atoms with Crippen molar-refractivity contribution in [1.82, 2.24) is 4.98 Å². The van der Waals surface area contributed by atoms with Gasteiger partial charge in [0.25, 0.3) is 0 Å². The molecule has 0 unspecified atom stereocenters. The Balaban J connectivity index is 2.46. The van der Waals surface area contributed by atoms with E-state index < -0.39 is 9.05 Å². The monoisotopic (exact) mass is 231 g/mol.